The molecule has 208 valence electrons. The Hall–Kier alpha value is -2.90. The fraction of sp³-hybridized carbons (Fsp3) is 0.452. The van der Waals surface area contributed by atoms with Crippen LogP contribution in [0.5, 0.6) is 6.01 Å². The van der Waals surface area contributed by atoms with Crippen LogP contribution in [-0.2, 0) is 4.74 Å². The molecule has 0 saturated carbocycles. The lowest BCUT2D eigenvalue weighted by Gasteiger charge is -2.41. The molecule has 4 aromatic rings. The van der Waals surface area contributed by atoms with Crippen molar-refractivity contribution >= 4 is 36.7 Å². The molecule has 9 heteroatoms. The van der Waals surface area contributed by atoms with Crippen LogP contribution in [0.1, 0.15) is 24.8 Å². The van der Waals surface area contributed by atoms with E-state index in [1.54, 1.807) is 7.11 Å². The molecule has 3 atom stereocenters. The van der Waals surface area contributed by atoms with E-state index in [0.29, 0.717) is 24.8 Å². The van der Waals surface area contributed by atoms with Crippen LogP contribution >= 0.6 is 9.24 Å². The van der Waals surface area contributed by atoms with Crippen LogP contribution < -0.4 is 15.4 Å². The van der Waals surface area contributed by atoms with Crippen molar-refractivity contribution in [2.75, 3.05) is 51.8 Å². The van der Waals surface area contributed by atoms with Gasteiger partial charge in [0.15, 0.2) is 0 Å². The Bertz CT molecular complexity index is 1570. The van der Waals surface area contributed by atoms with Crippen LogP contribution in [0.2, 0.25) is 0 Å². The molecule has 0 bridgehead atoms. The third-order valence-electron chi connectivity index (χ3n) is 9.22. The summed E-state index contributed by atoms with van der Waals surface area (Å²) in [6.07, 6.45) is 5.41. The standard InChI is InChI=1S/C31H37N6O2P/c1-20-26(24-10-5-8-21-7-3-4-9-23(21)24)33-14-25-27(20)35-29(36-28(25)34-18-31(38-2)16-32-17-31)39-19-30-11-6-12-37(30)15-22(40)13-30/h3-5,7-10,14,22,32H,6,11-13,15-19,40H2,1-2H3,(H,34,35,36)/t22-,30+/m1/s1. The van der Waals surface area contributed by atoms with Gasteiger partial charge < -0.3 is 20.1 Å². The van der Waals surface area contributed by atoms with Gasteiger partial charge in [-0.05, 0) is 49.2 Å². The average Bonchev–Trinajstić information content (AvgIpc) is 3.47. The molecule has 0 radical (unpaired) electrons. The highest BCUT2D eigenvalue weighted by Crippen LogP contribution is 2.42. The number of methoxy groups -OCH3 is 1. The van der Waals surface area contributed by atoms with E-state index in [0.717, 1.165) is 72.6 Å². The first-order valence-electron chi connectivity index (χ1n) is 14.3. The first-order valence-corrected chi connectivity index (χ1v) is 14.9. The summed E-state index contributed by atoms with van der Waals surface area (Å²) in [6, 6.07) is 15.2. The van der Waals surface area contributed by atoms with E-state index < -0.39 is 0 Å². The fourth-order valence-electron chi connectivity index (χ4n) is 6.86. The molecule has 3 fully saturated rings. The highest BCUT2D eigenvalue weighted by molar-refractivity contribution is 7.17. The van der Waals surface area contributed by atoms with Crippen molar-refractivity contribution in [1.82, 2.24) is 25.2 Å². The lowest BCUT2D eigenvalue weighted by molar-refractivity contribution is -0.0396. The minimum atomic E-state index is -0.245. The van der Waals surface area contributed by atoms with Crippen molar-refractivity contribution < 1.29 is 9.47 Å². The predicted molar refractivity (Wildman–Crippen MR) is 163 cm³/mol. The van der Waals surface area contributed by atoms with E-state index in [4.69, 9.17) is 24.4 Å². The van der Waals surface area contributed by atoms with Crippen molar-refractivity contribution in [3.8, 4) is 17.3 Å². The Morgan fingerprint density at radius 1 is 1.12 bits per heavy atom. The summed E-state index contributed by atoms with van der Waals surface area (Å²) in [6.45, 7) is 7.22. The minimum absolute atomic E-state index is 0.0808. The number of hydrogen-bond acceptors (Lipinski definition) is 8. The largest absolute Gasteiger partial charge is 0.461 e. The maximum atomic E-state index is 6.48. The second-order valence-corrected chi connectivity index (χ2v) is 12.7. The summed E-state index contributed by atoms with van der Waals surface area (Å²) in [5.41, 5.74) is 4.35. The number of nitrogens with zero attached hydrogens (tertiary/aromatic N) is 4. The number of ether oxygens (including phenoxy) is 2. The van der Waals surface area contributed by atoms with Gasteiger partial charge in [0.05, 0.1) is 22.1 Å². The summed E-state index contributed by atoms with van der Waals surface area (Å²) in [5, 5.41) is 10.1. The third kappa shape index (κ3) is 4.42. The van der Waals surface area contributed by atoms with Gasteiger partial charge in [0, 0.05) is 50.6 Å². The Kier molecular flexibility index (Phi) is 6.62. The fourth-order valence-corrected chi connectivity index (χ4v) is 7.55. The molecule has 2 N–H and O–H groups in total. The van der Waals surface area contributed by atoms with E-state index in [-0.39, 0.29) is 11.1 Å². The smallest absolute Gasteiger partial charge is 0.319 e. The number of nitrogens with one attached hydrogen (secondary N) is 2. The van der Waals surface area contributed by atoms with E-state index in [1.165, 1.54) is 17.2 Å². The van der Waals surface area contributed by atoms with E-state index >= 15 is 0 Å². The molecule has 40 heavy (non-hydrogen) atoms. The summed E-state index contributed by atoms with van der Waals surface area (Å²) < 4.78 is 12.3. The monoisotopic (exact) mass is 556 g/mol. The first-order chi connectivity index (χ1) is 19.5. The van der Waals surface area contributed by atoms with Crippen molar-refractivity contribution in [3.63, 3.8) is 0 Å². The van der Waals surface area contributed by atoms with Crippen molar-refractivity contribution in [3.05, 3.63) is 54.2 Å². The summed E-state index contributed by atoms with van der Waals surface area (Å²) in [4.78, 5) is 17.5. The average molecular weight is 557 g/mol. The first kappa shape index (κ1) is 26.0. The van der Waals surface area contributed by atoms with Crippen molar-refractivity contribution in [2.45, 2.75) is 43.0 Å². The van der Waals surface area contributed by atoms with Gasteiger partial charge in [0.2, 0.25) is 0 Å². The van der Waals surface area contributed by atoms with Gasteiger partial charge in [-0.3, -0.25) is 9.88 Å². The number of benzene rings is 2. The highest BCUT2D eigenvalue weighted by atomic mass is 31.0. The van der Waals surface area contributed by atoms with Crippen LogP contribution in [0.4, 0.5) is 5.82 Å². The zero-order valence-corrected chi connectivity index (χ0v) is 24.4. The van der Waals surface area contributed by atoms with Crippen LogP contribution in [0.25, 0.3) is 32.9 Å². The number of hydrogen-bond donors (Lipinski definition) is 2. The van der Waals surface area contributed by atoms with Gasteiger partial charge in [-0.15, -0.1) is 9.24 Å². The zero-order valence-electron chi connectivity index (χ0n) is 23.2. The SMILES string of the molecule is COC1(CNc2nc(OC[C@@]34CCCN3C[C@H](P)C4)nc3c(C)c(-c4cccc5ccccc45)ncc23)CNC1. The van der Waals surface area contributed by atoms with Crippen LogP contribution in [0, 0.1) is 6.92 Å². The van der Waals surface area contributed by atoms with Crippen LogP contribution in [0.3, 0.4) is 0 Å². The number of fused-ring (bicyclic) bond motifs is 3. The normalized spacial score (nSPS) is 23.8. The van der Waals surface area contributed by atoms with E-state index in [1.807, 2.05) is 6.20 Å². The number of pyridine rings is 1. The summed E-state index contributed by atoms with van der Waals surface area (Å²) >= 11 is 0. The minimum Gasteiger partial charge on any atom is -0.461 e. The maximum Gasteiger partial charge on any atom is 0.319 e. The maximum absolute atomic E-state index is 6.48. The van der Waals surface area contributed by atoms with Gasteiger partial charge >= 0.3 is 6.01 Å². The quantitative estimate of drug-likeness (QED) is 0.309. The lowest BCUT2D eigenvalue weighted by atomic mass is 9.95. The Balaban J connectivity index is 1.29. The van der Waals surface area contributed by atoms with Crippen LogP contribution in [-0.4, -0.2) is 83.1 Å². The van der Waals surface area contributed by atoms with E-state index in [9.17, 15) is 0 Å². The molecule has 3 saturated heterocycles. The second kappa shape index (κ2) is 10.2. The molecular formula is C31H37N6O2P. The van der Waals surface area contributed by atoms with E-state index in [2.05, 4.69) is 74.2 Å². The van der Waals surface area contributed by atoms with Gasteiger partial charge in [-0.1, -0.05) is 42.5 Å². The molecule has 5 heterocycles. The highest BCUT2D eigenvalue weighted by Gasteiger charge is 2.48. The van der Waals surface area contributed by atoms with Gasteiger partial charge in [-0.25, -0.2) is 0 Å². The van der Waals surface area contributed by atoms with Crippen molar-refractivity contribution in [2.24, 2.45) is 0 Å². The molecule has 7 rings (SSSR count). The molecule has 2 aromatic heterocycles. The molecule has 0 spiro atoms. The molecule has 0 amide bonds. The predicted octanol–water partition coefficient (Wildman–Crippen LogP) is 4.41. The molecule has 8 nitrogen and oxygen atoms in total. The zero-order chi connectivity index (χ0) is 27.3. The van der Waals surface area contributed by atoms with Crippen LogP contribution in [0.15, 0.2) is 48.7 Å². The van der Waals surface area contributed by atoms with Crippen molar-refractivity contribution in [1.29, 1.82) is 0 Å². The van der Waals surface area contributed by atoms with Gasteiger partial charge in [-0.2, -0.15) is 9.97 Å². The Morgan fingerprint density at radius 2 is 1.98 bits per heavy atom. The molecule has 0 aliphatic carbocycles. The molecule has 2 aromatic carbocycles. The topological polar surface area (TPSA) is 84.4 Å². The van der Waals surface area contributed by atoms with Gasteiger partial charge in [0.25, 0.3) is 0 Å². The number of aryl methyl sites for hydroxylation is 1. The summed E-state index contributed by atoms with van der Waals surface area (Å²) in [7, 11) is 4.79. The number of anilines is 1. The molecule has 3 aliphatic heterocycles. The molecule has 1 unspecified atom stereocenters. The Morgan fingerprint density at radius 3 is 2.80 bits per heavy atom. The Labute approximate surface area is 237 Å². The lowest BCUT2D eigenvalue weighted by Crippen LogP contribution is -2.64. The summed E-state index contributed by atoms with van der Waals surface area (Å²) in [5.74, 6) is 0.736. The second-order valence-electron chi connectivity index (χ2n) is 11.7. The van der Waals surface area contributed by atoms with Gasteiger partial charge in [0.1, 0.15) is 18.0 Å². The number of rotatable bonds is 8. The number of aromatic nitrogens is 3. The molecule has 3 aliphatic rings. The molecular weight excluding hydrogens is 519 g/mol. The third-order valence-corrected chi connectivity index (χ3v) is 9.66.